The molecule has 43 heavy (non-hydrogen) atoms. The van der Waals surface area contributed by atoms with Gasteiger partial charge in [0.05, 0.1) is 10.5 Å². The Balaban J connectivity index is 1.46. The number of hydrogen-bond donors (Lipinski definition) is 0. The van der Waals surface area contributed by atoms with Gasteiger partial charge in [0, 0.05) is 43.3 Å². The van der Waals surface area contributed by atoms with Gasteiger partial charge >= 0.3 is 5.97 Å². The number of carbonyl (C=O) groups excluding carboxylic acids is 1. The molecule has 7 nitrogen and oxygen atoms in total. The van der Waals surface area contributed by atoms with Crippen LogP contribution in [-0.2, 0) is 22.3 Å². The number of halogens is 1. The number of ether oxygens (including phenoxy) is 1. The average Bonchev–Trinajstić information content (AvgIpc) is 3.64. The van der Waals surface area contributed by atoms with Crippen molar-refractivity contribution in [2.75, 3.05) is 6.61 Å². The highest BCUT2D eigenvalue weighted by Gasteiger charge is 2.74. The lowest BCUT2D eigenvalue weighted by atomic mass is 10.00. The Hall–Kier alpha value is -3.40. The Morgan fingerprint density at radius 1 is 0.977 bits per heavy atom. The molecule has 0 saturated heterocycles. The van der Waals surface area contributed by atoms with E-state index in [4.69, 9.17) is 9.16 Å². The van der Waals surface area contributed by atoms with Gasteiger partial charge in [0.2, 0.25) is 0 Å². The summed E-state index contributed by atoms with van der Waals surface area (Å²) in [6.45, 7) is 12.3. The Kier molecular flexibility index (Phi) is 8.62. The molecule has 0 heterocycles. The molecule has 2 aliphatic rings. The van der Waals surface area contributed by atoms with E-state index in [2.05, 4.69) is 38.8 Å². The van der Waals surface area contributed by atoms with E-state index in [9.17, 15) is 14.9 Å². The van der Waals surface area contributed by atoms with Crippen LogP contribution >= 0.6 is 0 Å². The van der Waals surface area contributed by atoms with E-state index in [-0.39, 0.29) is 22.2 Å². The van der Waals surface area contributed by atoms with Crippen molar-refractivity contribution in [2.24, 2.45) is 11.3 Å². The SMILES string of the molecule is CC(C)(C)[Si](C)(C)OC[C@@]12C[C@@H]1[C@@H](N(Cc1ccccc1)Cc1ccccc1)[C@@H](F)[C@@H]2OC(=O)c1ccc([N+](=O)[O-])cc1. The first kappa shape index (κ1) is 31.0. The van der Waals surface area contributed by atoms with Crippen molar-refractivity contribution >= 4 is 20.0 Å². The van der Waals surface area contributed by atoms with Gasteiger partial charge in [0.25, 0.3) is 5.69 Å². The first-order chi connectivity index (χ1) is 20.3. The molecule has 0 bridgehead atoms. The quantitative estimate of drug-likeness (QED) is 0.0972. The van der Waals surface area contributed by atoms with E-state index in [1.807, 2.05) is 60.7 Å². The maximum Gasteiger partial charge on any atom is 0.338 e. The molecule has 0 aromatic heterocycles. The van der Waals surface area contributed by atoms with Gasteiger partial charge < -0.3 is 9.16 Å². The summed E-state index contributed by atoms with van der Waals surface area (Å²) in [5, 5.41) is 11.1. The number of benzene rings is 3. The maximum atomic E-state index is 16.9. The molecule has 0 aliphatic heterocycles. The molecular weight excluding hydrogens is 563 g/mol. The fourth-order valence-electron chi connectivity index (χ4n) is 6.08. The normalized spacial score (nSPS) is 24.9. The summed E-state index contributed by atoms with van der Waals surface area (Å²) >= 11 is 0. The molecule has 0 spiro atoms. The van der Waals surface area contributed by atoms with Crippen molar-refractivity contribution in [3.8, 4) is 0 Å². The Bertz CT molecular complexity index is 1390. The summed E-state index contributed by atoms with van der Waals surface area (Å²) < 4.78 is 29.6. The van der Waals surface area contributed by atoms with Gasteiger partial charge in [-0.15, -0.1) is 0 Å². The van der Waals surface area contributed by atoms with Crippen LogP contribution < -0.4 is 0 Å². The zero-order chi connectivity index (χ0) is 31.0. The van der Waals surface area contributed by atoms with Crippen LogP contribution in [0, 0.1) is 21.4 Å². The number of nitro groups is 1. The van der Waals surface area contributed by atoms with Gasteiger partial charge in [-0.25, -0.2) is 9.18 Å². The van der Waals surface area contributed by atoms with E-state index in [0.29, 0.717) is 26.1 Å². The fraction of sp³-hybridized carbons (Fsp3) is 0.441. The van der Waals surface area contributed by atoms with Gasteiger partial charge in [-0.3, -0.25) is 15.0 Å². The molecule has 2 aliphatic carbocycles. The molecule has 228 valence electrons. The van der Waals surface area contributed by atoms with E-state index in [1.165, 1.54) is 24.3 Å². The summed E-state index contributed by atoms with van der Waals surface area (Å²) in [6.07, 6.45) is -1.73. The molecule has 2 fully saturated rings. The summed E-state index contributed by atoms with van der Waals surface area (Å²) in [5.74, 6) is -0.729. The number of nitrogens with zero attached hydrogens (tertiary/aromatic N) is 2. The van der Waals surface area contributed by atoms with Gasteiger partial charge in [0.15, 0.2) is 14.5 Å². The van der Waals surface area contributed by atoms with Gasteiger partial charge in [-0.05, 0) is 53.7 Å². The molecule has 5 rings (SSSR count). The van der Waals surface area contributed by atoms with Crippen molar-refractivity contribution in [3.05, 3.63) is 112 Å². The van der Waals surface area contributed by atoms with Gasteiger partial charge in [-0.1, -0.05) is 81.4 Å². The molecular formula is C34H41FN2O5Si. The smallest absolute Gasteiger partial charge is 0.338 e. The van der Waals surface area contributed by atoms with E-state index < -0.39 is 42.9 Å². The number of rotatable bonds is 11. The summed E-state index contributed by atoms with van der Waals surface area (Å²) in [7, 11) is -2.18. The van der Waals surface area contributed by atoms with Gasteiger partial charge in [-0.2, -0.15) is 0 Å². The Morgan fingerprint density at radius 3 is 2.00 bits per heavy atom. The molecule has 0 amide bonds. The summed E-state index contributed by atoms with van der Waals surface area (Å²) in [6, 6.07) is 24.9. The molecule has 3 aromatic carbocycles. The second-order valence-electron chi connectivity index (χ2n) is 13.5. The van der Waals surface area contributed by atoms with Gasteiger partial charge in [0.1, 0.15) is 6.10 Å². The van der Waals surface area contributed by atoms with Crippen LogP contribution in [-0.4, -0.2) is 49.0 Å². The summed E-state index contributed by atoms with van der Waals surface area (Å²) in [4.78, 5) is 26.1. The van der Waals surface area contributed by atoms with Crippen LogP contribution in [0.15, 0.2) is 84.9 Å². The van der Waals surface area contributed by atoms with Crippen molar-refractivity contribution in [1.29, 1.82) is 0 Å². The predicted octanol–water partition coefficient (Wildman–Crippen LogP) is 7.57. The molecule has 3 aromatic rings. The largest absolute Gasteiger partial charge is 0.455 e. The number of esters is 1. The van der Waals surface area contributed by atoms with Crippen LogP contribution in [0.25, 0.3) is 0 Å². The first-order valence-electron chi connectivity index (χ1n) is 14.9. The van der Waals surface area contributed by atoms with Crippen molar-refractivity contribution in [1.82, 2.24) is 4.90 Å². The zero-order valence-corrected chi connectivity index (χ0v) is 26.5. The monoisotopic (exact) mass is 604 g/mol. The number of carbonyl (C=O) groups is 1. The molecule has 0 unspecified atom stereocenters. The number of fused-ring (bicyclic) bond motifs is 1. The van der Waals surface area contributed by atoms with Crippen LogP contribution in [0.1, 0.15) is 48.7 Å². The standard InChI is InChI=1S/C34H41FN2O5Si/c1-33(2,3)43(4,5)41-23-34-20-28(34)30(29(35)31(34)42-32(38)26-16-18-27(19-17-26)37(39)40)36(21-24-12-8-6-9-13-24)22-25-14-10-7-11-15-25/h6-19,28-31H,20-23H2,1-5H3/t28-,29-,30-,31+,34+/m1/s1. The lowest BCUT2D eigenvalue weighted by Crippen LogP contribution is -2.46. The molecule has 2 saturated carbocycles. The van der Waals surface area contributed by atoms with Crippen LogP contribution in [0.5, 0.6) is 0 Å². The van der Waals surface area contributed by atoms with Crippen LogP contribution in [0.4, 0.5) is 10.1 Å². The second-order valence-corrected chi connectivity index (χ2v) is 18.3. The predicted molar refractivity (Wildman–Crippen MR) is 167 cm³/mol. The maximum absolute atomic E-state index is 16.9. The summed E-state index contributed by atoms with van der Waals surface area (Å²) in [5.41, 5.74) is 1.56. The third-order valence-electron chi connectivity index (χ3n) is 9.71. The number of hydrogen-bond acceptors (Lipinski definition) is 6. The van der Waals surface area contributed by atoms with E-state index in [1.54, 1.807) is 0 Å². The van der Waals surface area contributed by atoms with Crippen molar-refractivity contribution in [2.45, 2.75) is 76.7 Å². The van der Waals surface area contributed by atoms with Crippen LogP contribution in [0.2, 0.25) is 18.1 Å². The minimum absolute atomic E-state index is 0.0290. The number of nitro benzene ring substituents is 1. The fourth-order valence-corrected chi connectivity index (χ4v) is 7.14. The highest BCUT2D eigenvalue weighted by Crippen LogP contribution is 2.67. The highest BCUT2D eigenvalue weighted by atomic mass is 28.4. The third kappa shape index (κ3) is 6.44. The number of non-ortho nitro benzene ring substituents is 1. The second kappa shape index (κ2) is 11.9. The lowest BCUT2D eigenvalue weighted by molar-refractivity contribution is -0.384. The molecule has 0 N–H and O–H groups in total. The Morgan fingerprint density at radius 2 is 1.51 bits per heavy atom. The molecule has 9 heteroatoms. The Labute approximate surface area is 254 Å². The highest BCUT2D eigenvalue weighted by molar-refractivity contribution is 6.74. The van der Waals surface area contributed by atoms with Crippen molar-refractivity contribution in [3.63, 3.8) is 0 Å². The first-order valence-corrected chi connectivity index (χ1v) is 17.8. The minimum atomic E-state index is -2.18. The third-order valence-corrected chi connectivity index (χ3v) is 14.2. The van der Waals surface area contributed by atoms with Crippen LogP contribution in [0.3, 0.4) is 0 Å². The number of alkyl halides is 1. The molecule has 0 radical (unpaired) electrons. The van der Waals surface area contributed by atoms with Crippen molar-refractivity contribution < 1.29 is 23.3 Å². The topological polar surface area (TPSA) is 81.9 Å². The average molecular weight is 605 g/mol. The minimum Gasteiger partial charge on any atom is -0.455 e. The van der Waals surface area contributed by atoms with E-state index in [0.717, 1.165) is 11.1 Å². The zero-order valence-electron chi connectivity index (χ0n) is 25.5. The molecule has 5 atom stereocenters. The lowest BCUT2D eigenvalue weighted by Gasteiger charge is -2.38. The van der Waals surface area contributed by atoms with E-state index >= 15 is 4.39 Å².